The molecule has 0 N–H and O–H groups in total. The summed E-state index contributed by atoms with van der Waals surface area (Å²) in [6.07, 6.45) is 0. The second-order valence-corrected chi connectivity index (χ2v) is 13.3. The van der Waals surface area contributed by atoms with Crippen molar-refractivity contribution in [1.29, 1.82) is 0 Å². The first-order valence-electron chi connectivity index (χ1n) is 17.4. The Morgan fingerprint density at radius 2 is 1.10 bits per heavy atom. The molecule has 51 heavy (non-hydrogen) atoms. The molecule has 0 aliphatic carbocycles. The van der Waals surface area contributed by atoms with Gasteiger partial charge in [-0.2, -0.15) is 0 Å². The fourth-order valence-corrected chi connectivity index (χ4v) is 8.07. The maximum Gasteiger partial charge on any atom is 0.0859 e. The van der Waals surface area contributed by atoms with E-state index in [0.29, 0.717) is 0 Å². The summed E-state index contributed by atoms with van der Waals surface area (Å²) in [4.78, 5) is 6.78. The topological polar surface area (TPSA) is 20.5 Å². The highest BCUT2D eigenvalue weighted by Gasteiger charge is 2.26. The Hall–Kier alpha value is -6.71. The molecule has 0 fully saturated rings. The van der Waals surface area contributed by atoms with Gasteiger partial charge in [-0.1, -0.05) is 121 Å². The summed E-state index contributed by atoms with van der Waals surface area (Å²) in [7, 11) is 0. The van der Waals surface area contributed by atoms with Crippen molar-refractivity contribution in [3.05, 3.63) is 181 Å². The predicted octanol–water partition coefficient (Wildman–Crippen LogP) is 12.9. The third-order valence-corrected chi connectivity index (χ3v) is 10.5. The molecule has 0 saturated heterocycles. The van der Waals surface area contributed by atoms with Gasteiger partial charge in [0.15, 0.2) is 0 Å². The minimum Gasteiger partial charge on any atom is -0.335 e. The number of para-hydroxylation sites is 4. The van der Waals surface area contributed by atoms with Gasteiger partial charge >= 0.3 is 0 Å². The quantitative estimate of drug-likeness (QED) is 0.170. The maximum atomic E-state index is 4.39. The van der Waals surface area contributed by atoms with Crippen LogP contribution in [0.1, 0.15) is 5.56 Å². The van der Waals surface area contributed by atoms with Crippen molar-refractivity contribution in [3.8, 4) is 39.1 Å². The van der Waals surface area contributed by atoms with Gasteiger partial charge in [-0.05, 0) is 105 Å². The number of aromatic nitrogens is 1. The molecule has 1 aliphatic rings. The lowest BCUT2D eigenvalue weighted by atomic mass is 9.87. The monoisotopic (exact) mass is 651 g/mol. The zero-order valence-electron chi connectivity index (χ0n) is 28.0. The molecule has 1 aliphatic heterocycles. The summed E-state index contributed by atoms with van der Waals surface area (Å²) < 4.78 is 2.36. The largest absolute Gasteiger partial charge is 0.335 e. The van der Waals surface area contributed by atoms with Crippen molar-refractivity contribution < 1.29 is 0 Å². The Kier molecular flexibility index (Phi) is 6.71. The van der Waals surface area contributed by atoms with E-state index in [1.54, 1.807) is 0 Å². The van der Waals surface area contributed by atoms with Crippen molar-refractivity contribution >= 4 is 56.4 Å². The van der Waals surface area contributed by atoms with Crippen molar-refractivity contribution in [2.45, 2.75) is 6.54 Å². The highest BCUT2D eigenvalue weighted by atomic mass is 15.2. The smallest absolute Gasteiger partial charge is 0.0859 e. The summed E-state index contributed by atoms with van der Waals surface area (Å²) in [5.74, 6) is 0. The Bertz CT molecular complexity index is 2790. The highest BCUT2D eigenvalue weighted by molar-refractivity contribution is 6.10. The van der Waals surface area contributed by atoms with Gasteiger partial charge in [-0.25, -0.2) is 0 Å². The van der Waals surface area contributed by atoms with Crippen LogP contribution in [0.15, 0.2) is 181 Å². The Morgan fingerprint density at radius 3 is 1.92 bits per heavy atom. The van der Waals surface area contributed by atoms with E-state index in [4.69, 9.17) is 0 Å². The van der Waals surface area contributed by atoms with Gasteiger partial charge in [0.2, 0.25) is 0 Å². The standard InChI is InChI=1S/C48H33N3/c1-49-44-16-8-10-18-48(44)50-31-43-38-14-6-5-11-34(38)23-26-39(43)41-29-35(24-27-45(41)50)32-19-21-33(22-20-32)36-25-28-47-42(30-36)40-15-7-9-17-46(40)51(47)37-12-3-2-4-13-37/h2-30H,1,31H2. The molecule has 2 heterocycles. The average Bonchev–Trinajstić information content (AvgIpc) is 3.54. The molecule has 0 radical (unpaired) electrons. The van der Waals surface area contributed by atoms with Crippen molar-refractivity contribution in [3.63, 3.8) is 0 Å². The lowest BCUT2D eigenvalue weighted by Gasteiger charge is -2.34. The highest BCUT2D eigenvalue weighted by Crippen LogP contribution is 2.48. The lowest BCUT2D eigenvalue weighted by Crippen LogP contribution is -2.22. The minimum atomic E-state index is 0.763. The van der Waals surface area contributed by atoms with Crippen molar-refractivity contribution in [1.82, 2.24) is 4.57 Å². The predicted molar refractivity (Wildman–Crippen MR) is 216 cm³/mol. The molecule has 3 heteroatoms. The molecule has 0 amide bonds. The molecular formula is C48H33N3. The van der Waals surface area contributed by atoms with Crippen LogP contribution < -0.4 is 4.90 Å². The number of hydrogen-bond acceptors (Lipinski definition) is 2. The summed E-state index contributed by atoms with van der Waals surface area (Å²) in [6, 6.07) is 63.6. The first-order valence-corrected chi connectivity index (χ1v) is 17.4. The average molecular weight is 652 g/mol. The molecular weight excluding hydrogens is 619 g/mol. The first-order chi connectivity index (χ1) is 25.2. The molecule has 1 aromatic heterocycles. The van der Waals surface area contributed by atoms with E-state index in [1.807, 2.05) is 12.1 Å². The van der Waals surface area contributed by atoms with Gasteiger partial charge in [0, 0.05) is 34.3 Å². The van der Waals surface area contributed by atoms with Crippen molar-refractivity contribution in [2.24, 2.45) is 4.99 Å². The Morgan fingerprint density at radius 1 is 0.451 bits per heavy atom. The van der Waals surface area contributed by atoms with Gasteiger partial charge < -0.3 is 9.47 Å². The molecule has 10 rings (SSSR count). The second kappa shape index (κ2) is 11.7. The number of aliphatic imine (C=N–C) groups is 1. The van der Waals surface area contributed by atoms with Crippen LogP contribution >= 0.6 is 0 Å². The molecule has 0 spiro atoms. The molecule has 0 bridgehead atoms. The van der Waals surface area contributed by atoms with E-state index in [9.17, 15) is 0 Å². The van der Waals surface area contributed by atoms with E-state index >= 15 is 0 Å². The summed E-state index contributed by atoms with van der Waals surface area (Å²) in [5.41, 5.74) is 15.4. The van der Waals surface area contributed by atoms with Crippen LogP contribution in [0.2, 0.25) is 0 Å². The van der Waals surface area contributed by atoms with Crippen LogP contribution in [-0.4, -0.2) is 11.3 Å². The molecule has 0 atom stereocenters. The fourth-order valence-electron chi connectivity index (χ4n) is 8.07. The van der Waals surface area contributed by atoms with E-state index in [0.717, 1.165) is 17.9 Å². The van der Waals surface area contributed by atoms with Crippen LogP contribution in [0.5, 0.6) is 0 Å². The van der Waals surface area contributed by atoms with Gasteiger partial charge in [0.05, 0.1) is 22.4 Å². The first kappa shape index (κ1) is 29.2. The third-order valence-electron chi connectivity index (χ3n) is 10.5. The molecule has 0 unspecified atom stereocenters. The second-order valence-electron chi connectivity index (χ2n) is 13.3. The molecule has 8 aromatic carbocycles. The summed E-state index contributed by atoms with van der Waals surface area (Å²) in [6.45, 7) is 4.65. The van der Waals surface area contributed by atoms with E-state index in [-0.39, 0.29) is 0 Å². The van der Waals surface area contributed by atoms with E-state index < -0.39 is 0 Å². The van der Waals surface area contributed by atoms with E-state index in [1.165, 1.54) is 82.9 Å². The van der Waals surface area contributed by atoms with Crippen molar-refractivity contribution in [2.75, 3.05) is 4.90 Å². The molecule has 240 valence electrons. The lowest BCUT2D eigenvalue weighted by molar-refractivity contribution is 0.970. The van der Waals surface area contributed by atoms with Gasteiger partial charge in [0.25, 0.3) is 0 Å². The fraction of sp³-hybridized carbons (Fsp3) is 0.0208. The Balaban J connectivity index is 1.06. The zero-order chi connectivity index (χ0) is 33.9. The maximum absolute atomic E-state index is 4.39. The van der Waals surface area contributed by atoms with Gasteiger partial charge in [0.1, 0.15) is 0 Å². The molecule has 3 nitrogen and oxygen atoms in total. The number of hydrogen-bond donors (Lipinski definition) is 0. The van der Waals surface area contributed by atoms with Crippen LogP contribution in [0, 0.1) is 0 Å². The van der Waals surface area contributed by atoms with Crippen LogP contribution in [-0.2, 0) is 6.54 Å². The minimum absolute atomic E-state index is 0.763. The Labute approximate surface area is 297 Å². The normalized spacial score (nSPS) is 12.3. The zero-order valence-corrected chi connectivity index (χ0v) is 28.0. The number of fused-ring (bicyclic) bond motifs is 8. The number of nitrogens with zero attached hydrogens (tertiary/aromatic N) is 3. The van der Waals surface area contributed by atoms with Gasteiger partial charge in [-0.3, -0.25) is 4.99 Å². The van der Waals surface area contributed by atoms with Crippen LogP contribution in [0.4, 0.5) is 17.1 Å². The van der Waals surface area contributed by atoms with Gasteiger partial charge in [-0.15, -0.1) is 0 Å². The number of benzene rings is 8. The van der Waals surface area contributed by atoms with E-state index in [2.05, 4.69) is 185 Å². The SMILES string of the molecule is C=Nc1ccccc1N1Cc2c(ccc3ccccc23)-c2cc(-c3ccc(-c4ccc5c(c4)c4ccccc4n5-c4ccccc4)cc3)ccc21. The molecule has 0 saturated carbocycles. The third kappa shape index (κ3) is 4.70. The number of rotatable bonds is 5. The molecule has 9 aromatic rings. The number of anilines is 2. The summed E-state index contributed by atoms with van der Waals surface area (Å²) >= 11 is 0. The van der Waals surface area contributed by atoms with Crippen LogP contribution in [0.25, 0.3) is 71.6 Å². The van der Waals surface area contributed by atoms with Crippen LogP contribution in [0.3, 0.4) is 0 Å². The summed E-state index contributed by atoms with van der Waals surface area (Å²) in [5, 5.41) is 5.06.